The van der Waals surface area contributed by atoms with Gasteiger partial charge in [0.25, 0.3) is 5.91 Å². The molecular weight excluding hydrogens is 930 g/mol. The third-order valence-corrected chi connectivity index (χ3v) is 12.7. The Balaban J connectivity index is 0.747. The molecule has 3 aromatic carbocycles. The van der Waals surface area contributed by atoms with Crippen molar-refractivity contribution in [3.8, 4) is 17.2 Å². The minimum atomic E-state index is -4.59. The normalized spacial score (nSPS) is 21.5. The summed E-state index contributed by atoms with van der Waals surface area (Å²) in [5, 5.41) is 27.4. The topological polar surface area (TPSA) is 158 Å². The van der Waals surface area contributed by atoms with Gasteiger partial charge < -0.3 is 50.6 Å². The lowest BCUT2D eigenvalue weighted by Gasteiger charge is -2.43. The molecular formula is C46H57F3IN7O6. The zero-order valence-electron chi connectivity index (χ0n) is 35.2. The molecule has 1 aromatic heterocycles. The Hall–Kier alpha value is -4.24. The van der Waals surface area contributed by atoms with E-state index in [0.717, 1.165) is 97.6 Å². The maximum atomic E-state index is 13.1. The molecule has 3 saturated heterocycles. The smallest absolute Gasteiger partial charge is 0.433 e. The van der Waals surface area contributed by atoms with E-state index in [9.17, 15) is 28.2 Å². The van der Waals surface area contributed by atoms with Crippen molar-refractivity contribution in [2.24, 2.45) is 11.7 Å². The van der Waals surface area contributed by atoms with Crippen LogP contribution in [0.15, 0.2) is 84.9 Å². The first-order valence-electron chi connectivity index (χ1n) is 21.7. The summed E-state index contributed by atoms with van der Waals surface area (Å²) in [5.41, 5.74) is 7.56. The van der Waals surface area contributed by atoms with Gasteiger partial charge in [0.15, 0.2) is 0 Å². The number of hydrogen-bond acceptors (Lipinski definition) is 12. The molecule has 4 atom stereocenters. The molecule has 340 valence electrons. The average Bonchev–Trinajstić information content (AvgIpc) is 3.28. The van der Waals surface area contributed by atoms with Crippen LogP contribution in [0.4, 0.5) is 24.7 Å². The van der Waals surface area contributed by atoms with Crippen LogP contribution in [0.25, 0.3) is 0 Å². The number of aliphatic hydroxyl groups excluding tert-OH is 2. The number of amides is 1. The maximum Gasteiger partial charge on any atom is 0.433 e. The van der Waals surface area contributed by atoms with E-state index in [0.29, 0.717) is 44.1 Å². The molecule has 13 nitrogen and oxygen atoms in total. The molecule has 3 aliphatic heterocycles. The van der Waals surface area contributed by atoms with Crippen molar-refractivity contribution in [3.63, 3.8) is 0 Å². The van der Waals surface area contributed by atoms with Gasteiger partial charge in [0.2, 0.25) is 0 Å². The van der Waals surface area contributed by atoms with Crippen LogP contribution in [0.3, 0.4) is 0 Å². The molecule has 7 rings (SSSR count). The number of piperazine rings is 1. The van der Waals surface area contributed by atoms with E-state index in [2.05, 4.69) is 59.0 Å². The number of nitrogens with one attached hydrogen (secondary N) is 2. The summed E-state index contributed by atoms with van der Waals surface area (Å²) in [6.45, 7) is 8.39. The van der Waals surface area contributed by atoms with Crippen LogP contribution in [0.1, 0.15) is 40.9 Å². The van der Waals surface area contributed by atoms with Gasteiger partial charge in [-0.15, -0.1) is 0 Å². The lowest BCUT2D eigenvalue weighted by atomic mass is 9.95. The first kappa shape index (κ1) is 46.7. The second kappa shape index (κ2) is 22.1. The molecule has 6 N–H and O–H groups in total. The third kappa shape index (κ3) is 13.2. The van der Waals surface area contributed by atoms with Crippen molar-refractivity contribution >= 4 is 40.0 Å². The predicted octanol–water partition coefficient (Wildman–Crippen LogP) is 5.63. The predicted molar refractivity (Wildman–Crippen MR) is 244 cm³/mol. The highest BCUT2D eigenvalue weighted by Crippen LogP contribution is 2.31. The molecule has 1 amide bonds. The van der Waals surface area contributed by atoms with E-state index in [-0.39, 0.29) is 18.3 Å². The van der Waals surface area contributed by atoms with E-state index in [1.54, 1.807) is 0 Å². The molecule has 4 heterocycles. The highest BCUT2D eigenvalue weighted by Gasteiger charge is 2.40. The lowest BCUT2D eigenvalue weighted by Crippen LogP contribution is -2.59. The number of hydrogen-bond donors (Lipinski definition) is 5. The Morgan fingerprint density at radius 2 is 1.59 bits per heavy atom. The first-order valence-corrected chi connectivity index (χ1v) is 22.8. The average molecular weight is 988 g/mol. The van der Waals surface area contributed by atoms with Crippen molar-refractivity contribution < 1.29 is 42.4 Å². The van der Waals surface area contributed by atoms with Crippen LogP contribution in [-0.4, -0.2) is 134 Å². The first-order chi connectivity index (χ1) is 30.4. The maximum absolute atomic E-state index is 13.1. The number of anilines is 2. The zero-order chi connectivity index (χ0) is 44.3. The van der Waals surface area contributed by atoms with Gasteiger partial charge in [-0.3, -0.25) is 9.69 Å². The van der Waals surface area contributed by atoms with Crippen molar-refractivity contribution in [1.29, 1.82) is 0 Å². The van der Waals surface area contributed by atoms with Gasteiger partial charge in [0.1, 0.15) is 41.0 Å². The fourth-order valence-corrected chi connectivity index (χ4v) is 8.94. The number of carbonyl (C=O) groups excluding carboxylic acids is 1. The molecule has 0 bridgehead atoms. The Labute approximate surface area is 380 Å². The van der Waals surface area contributed by atoms with E-state index in [4.69, 9.17) is 19.9 Å². The van der Waals surface area contributed by atoms with Crippen LogP contribution in [0.5, 0.6) is 17.2 Å². The standard InChI is InChI=1S/C46H57F3IN7O6/c47-46(48,49)41-3-1-4-42(54-41)53-38-30-62-40(44(59)43(38)58)29-56-24-22-55(23-25-56)28-32-16-20-57(21-17-32)34-8-6-33(7-9-34)45(60)52-19-2-26-61-35-10-12-36(13-11-35)63-39-14-5-31(15-18-51)27-37(39)50/h1,3-14,27,32,38,40,43-44,58-59H,2,15-26,28-30,51H2,(H,52,60)(H,53,54)/t38-,40+,43+,44-/m0/s1. The minimum Gasteiger partial charge on any atom is -0.494 e. The van der Waals surface area contributed by atoms with Crippen LogP contribution in [0, 0.1) is 9.49 Å². The van der Waals surface area contributed by atoms with Gasteiger partial charge in [-0.2, -0.15) is 13.2 Å². The van der Waals surface area contributed by atoms with Gasteiger partial charge in [0, 0.05) is 70.2 Å². The van der Waals surface area contributed by atoms with Gasteiger partial charge in [-0.25, -0.2) is 4.98 Å². The van der Waals surface area contributed by atoms with Crippen molar-refractivity contribution in [2.45, 2.75) is 56.2 Å². The Kier molecular flexibility index (Phi) is 16.4. The number of ether oxygens (including phenoxy) is 3. The molecule has 0 saturated carbocycles. The van der Waals surface area contributed by atoms with Gasteiger partial charge >= 0.3 is 6.18 Å². The second-order valence-corrected chi connectivity index (χ2v) is 17.6. The van der Waals surface area contributed by atoms with Crippen LogP contribution < -0.4 is 30.7 Å². The Bertz CT molecular complexity index is 2070. The molecule has 0 radical (unpaired) electrons. The molecule has 3 fully saturated rings. The monoisotopic (exact) mass is 987 g/mol. The largest absolute Gasteiger partial charge is 0.494 e. The molecule has 3 aliphatic rings. The summed E-state index contributed by atoms with van der Waals surface area (Å²) in [7, 11) is 0. The number of nitrogens with two attached hydrogens (primary N) is 1. The molecule has 0 spiro atoms. The lowest BCUT2D eigenvalue weighted by molar-refractivity contribution is -0.148. The summed E-state index contributed by atoms with van der Waals surface area (Å²) in [5.74, 6) is 2.69. The van der Waals surface area contributed by atoms with E-state index >= 15 is 0 Å². The Morgan fingerprint density at radius 1 is 0.889 bits per heavy atom. The summed E-state index contributed by atoms with van der Waals surface area (Å²) in [6, 6.07) is 24.1. The number of piperidine rings is 1. The number of pyridine rings is 1. The van der Waals surface area contributed by atoms with E-state index in [1.165, 1.54) is 17.7 Å². The van der Waals surface area contributed by atoms with Crippen molar-refractivity contribution in [3.05, 3.63) is 105 Å². The summed E-state index contributed by atoms with van der Waals surface area (Å²) in [4.78, 5) is 23.6. The number of rotatable bonds is 17. The molecule has 0 unspecified atom stereocenters. The molecule has 17 heteroatoms. The number of aliphatic hydroxyl groups is 2. The number of nitrogens with zero attached hydrogens (tertiary/aromatic N) is 4. The van der Waals surface area contributed by atoms with Crippen LogP contribution >= 0.6 is 22.6 Å². The quantitative estimate of drug-likeness (QED) is 0.0658. The zero-order valence-corrected chi connectivity index (χ0v) is 37.3. The minimum absolute atomic E-state index is 0.0259. The molecule has 4 aromatic rings. The third-order valence-electron chi connectivity index (χ3n) is 11.9. The van der Waals surface area contributed by atoms with Crippen LogP contribution in [0.2, 0.25) is 0 Å². The molecule has 0 aliphatic carbocycles. The summed E-state index contributed by atoms with van der Waals surface area (Å²) < 4.78 is 58.1. The van der Waals surface area contributed by atoms with Gasteiger partial charge in [-0.1, -0.05) is 12.1 Å². The van der Waals surface area contributed by atoms with Crippen molar-refractivity contribution in [1.82, 2.24) is 20.1 Å². The summed E-state index contributed by atoms with van der Waals surface area (Å²) >= 11 is 2.27. The SMILES string of the molecule is NCCc1ccc(Oc2ccc(OCCCNC(=O)c3ccc(N4CCC(CN5CCN(C[C@H]6OC[C@H](Nc7cccc(C(F)(F)F)n7)[C@@H](O)[C@H]6O)CC5)CC4)cc3)cc2)c(I)c1. The number of benzene rings is 3. The van der Waals surface area contributed by atoms with Gasteiger partial charge in [0.05, 0.1) is 28.9 Å². The fraction of sp³-hybridized carbons (Fsp3) is 0.478. The number of aromatic nitrogens is 1. The highest BCUT2D eigenvalue weighted by atomic mass is 127. The fourth-order valence-electron chi connectivity index (χ4n) is 8.25. The van der Waals surface area contributed by atoms with E-state index in [1.807, 2.05) is 60.7 Å². The number of halogens is 4. The van der Waals surface area contributed by atoms with E-state index < -0.39 is 36.2 Å². The second-order valence-electron chi connectivity index (χ2n) is 16.4. The number of carbonyl (C=O) groups is 1. The van der Waals surface area contributed by atoms with Gasteiger partial charge in [-0.05, 0) is 139 Å². The van der Waals surface area contributed by atoms with Crippen molar-refractivity contribution in [2.75, 3.05) is 88.9 Å². The highest BCUT2D eigenvalue weighted by molar-refractivity contribution is 14.1. The Morgan fingerprint density at radius 3 is 2.27 bits per heavy atom. The summed E-state index contributed by atoms with van der Waals surface area (Å²) in [6.07, 6.45) is -3.97. The van der Waals surface area contributed by atoms with Crippen LogP contribution in [-0.2, 0) is 17.3 Å². The number of alkyl halides is 3. The molecule has 63 heavy (non-hydrogen) atoms.